The first-order valence-corrected chi connectivity index (χ1v) is 11.4. The summed E-state index contributed by atoms with van der Waals surface area (Å²) in [5, 5.41) is 1.17. The third-order valence-electron chi connectivity index (χ3n) is 6.21. The van der Waals surface area contributed by atoms with Crippen molar-refractivity contribution in [3.63, 3.8) is 0 Å². The lowest BCUT2D eigenvalue weighted by Gasteiger charge is -2.13. The van der Waals surface area contributed by atoms with E-state index in [0.717, 1.165) is 11.1 Å². The SMILES string of the molecule is COc1ccc2c(c1)c1c(c(=O)n(Cc3ccccc3)c(=O)n1CC(=O)c1ccc(Cl)cc1)n2C. The average molecular weight is 488 g/mol. The second-order valence-electron chi connectivity index (χ2n) is 8.31. The number of hydrogen-bond acceptors (Lipinski definition) is 4. The number of nitrogens with zero attached hydrogens (tertiary/aromatic N) is 3. The molecular formula is C27H22ClN3O4. The van der Waals surface area contributed by atoms with Crippen molar-refractivity contribution < 1.29 is 9.53 Å². The summed E-state index contributed by atoms with van der Waals surface area (Å²) < 4.78 is 9.72. The van der Waals surface area contributed by atoms with Crippen LogP contribution >= 0.6 is 11.6 Å². The number of Topliss-reactive ketones (excluding diaryl/α,β-unsaturated/α-hetero) is 1. The number of carbonyl (C=O) groups excluding carboxylic acids is 1. The van der Waals surface area contributed by atoms with Crippen LogP contribution in [0.4, 0.5) is 0 Å². The van der Waals surface area contributed by atoms with Gasteiger partial charge >= 0.3 is 5.69 Å². The van der Waals surface area contributed by atoms with Gasteiger partial charge in [0.15, 0.2) is 5.78 Å². The quantitative estimate of drug-likeness (QED) is 0.336. The van der Waals surface area contributed by atoms with Crippen LogP contribution < -0.4 is 16.0 Å². The summed E-state index contributed by atoms with van der Waals surface area (Å²) in [4.78, 5) is 40.6. The maximum absolute atomic E-state index is 13.7. The molecule has 0 radical (unpaired) electrons. The predicted molar refractivity (Wildman–Crippen MR) is 137 cm³/mol. The highest BCUT2D eigenvalue weighted by Crippen LogP contribution is 2.29. The Morgan fingerprint density at radius 2 is 1.63 bits per heavy atom. The number of halogens is 1. The minimum Gasteiger partial charge on any atom is -0.497 e. The zero-order valence-electron chi connectivity index (χ0n) is 19.2. The van der Waals surface area contributed by atoms with Crippen LogP contribution in [0.15, 0.2) is 82.4 Å². The molecule has 0 N–H and O–H groups in total. The summed E-state index contributed by atoms with van der Waals surface area (Å²) in [6.07, 6.45) is 0. The van der Waals surface area contributed by atoms with Crippen molar-refractivity contribution >= 4 is 39.3 Å². The van der Waals surface area contributed by atoms with E-state index in [2.05, 4.69) is 0 Å². The van der Waals surface area contributed by atoms with E-state index in [-0.39, 0.29) is 18.9 Å². The van der Waals surface area contributed by atoms with Gasteiger partial charge in [0.05, 0.1) is 31.2 Å². The molecule has 0 amide bonds. The molecule has 0 fully saturated rings. The standard InChI is InChI=1S/C27H22ClN3O4/c1-29-22-13-12-20(35-2)14-21(22)24-25(29)26(33)31(15-17-6-4-3-5-7-17)27(34)30(24)16-23(32)18-8-10-19(28)11-9-18/h3-14H,15-16H2,1-2H3. The monoisotopic (exact) mass is 487 g/mol. The molecule has 3 aromatic carbocycles. The summed E-state index contributed by atoms with van der Waals surface area (Å²) in [5.41, 5.74) is 1.76. The fraction of sp³-hybridized carbons (Fsp3) is 0.148. The van der Waals surface area contributed by atoms with Crippen molar-refractivity contribution in [2.24, 2.45) is 7.05 Å². The summed E-state index contributed by atoms with van der Waals surface area (Å²) in [6, 6.07) is 21.2. The van der Waals surface area contributed by atoms with Crippen molar-refractivity contribution in [1.29, 1.82) is 0 Å². The largest absolute Gasteiger partial charge is 0.497 e. The number of methoxy groups -OCH3 is 1. The normalized spacial score (nSPS) is 11.3. The van der Waals surface area contributed by atoms with E-state index in [1.54, 1.807) is 55.1 Å². The van der Waals surface area contributed by atoms with Crippen LogP contribution in [0, 0.1) is 0 Å². The maximum atomic E-state index is 13.7. The Balaban J connectivity index is 1.80. The number of fused-ring (bicyclic) bond motifs is 3. The van der Waals surface area contributed by atoms with Crippen molar-refractivity contribution in [3.05, 3.63) is 110 Å². The van der Waals surface area contributed by atoms with Crippen LogP contribution in [0.3, 0.4) is 0 Å². The molecule has 7 nitrogen and oxygen atoms in total. The van der Waals surface area contributed by atoms with Gasteiger partial charge in [-0.15, -0.1) is 0 Å². The van der Waals surface area contributed by atoms with E-state index in [4.69, 9.17) is 16.3 Å². The fourth-order valence-electron chi connectivity index (χ4n) is 4.43. The first kappa shape index (κ1) is 22.7. The number of ketones is 1. The number of benzene rings is 3. The van der Waals surface area contributed by atoms with Crippen LogP contribution in [0.2, 0.25) is 5.02 Å². The summed E-state index contributed by atoms with van der Waals surface area (Å²) in [6.45, 7) is -0.142. The molecular weight excluding hydrogens is 466 g/mol. The fourth-order valence-corrected chi connectivity index (χ4v) is 4.55. The molecule has 0 saturated heterocycles. The van der Waals surface area contributed by atoms with Crippen molar-refractivity contribution in [1.82, 2.24) is 13.7 Å². The van der Waals surface area contributed by atoms with Gasteiger partial charge in [0.2, 0.25) is 0 Å². The molecule has 0 aliphatic carbocycles. The second kappa shape index (κ2) is 8.92. The van der Waals surface area contributed by atoms with Gasteiger partial charge in [-0.2, -0.15) is 0 Å². The average Bonchev–Trinajstić information content (AvgIpc) is 3.17. The van der Waals surface area contributed by atoms with Crippen molar-refractivity contribution in [2.45, 2.75) is 13.1 Å². The number of hydrogen-bond donors (Lipinski definition) is 0. The van der Waals surface area contributed by atoms with Crippen LogP contribution in [0.5, 0.6) is 5.75 Å². The summed E-state index contributed by atoms with van der Waals surface area (Å²) in [7, 11) is 3.33. The lowest BCUT2D eigenvalue weighted by molar-refractivity contribution is 0.0971. The second-order valence-corrected chi connectivity index (χ2v) is 8.75. The first-order chi connectivity index (χ1) is 16.9. The Labute approximate surface area is 205 Å². The molecule has 5 rings (SSSR count). The van der Waals surface area contributed by atoms with E-state index in [1.165, 1.54) is 9.13 Å². The Morgan fingerprint density at radius 1 is 0.914 bits per heavy atom. The van der Waals surface area contributed by atoms with Crippen molar-refractivity contribution in [3.8, 4) is 5.75 Å². The highest BCUT2D eigenvalue weighted by Gasteiger charge is 2.22. The van der Waals surface area contributed by atoms with E-state index in [1.807, 2.05) is 36.4 Å². The zero-order valence-corrected chi connectivity index (χ0v) is 20.0. The number of rotatable bonds is 6. The van der Waals surface area contributed by atoms with Gasteiger partial charge in [-0.1, -0.05) is 41.9 Å². The van der Waals surface area contributed by atoms with E-state index >= 15 is 0 Å². The van der Waals surface area contributed by atoms with E-state index < -0.39 is 11.2 Å². The Bertz CT molecular complexity index is 1700. The third kappa shape index (κ3) is 3.94. The van der Waals surface area contributed by atoms with E-state index in [9.17, 15) is 14.4 Å². The number of carbonyl (C=O) groups is 1. The van der Waals surface area contributed by atoms with Gasteiger partial charge in [-0.05, 0) is 48.0 Å². The zero-order chi connectivity index (χ0) is 24.7. The van der Waals surface area contributed by atoms with Crippen LogP contribution in [0.25, 0.3) is 21.9 Å². The minimum absolute atomic E-state index is 0.0917. The number of aromatic nitrogens is 3. The molecule has 0 unspecified atom stereocenters. The van der Waals surface area contributed by atoms with Crippen molar-refractivity contribution in [2.75, 3.05) is 7.11 Å². The van der Waals surface area contributed by atoms with Gasteiger partial charge in [-0.3, -0.25) is 18.7 Å². The van der Waals surface area contributed by atoms with E-state index in [0.29, 0.717) is 32.8 Å². The number of aryl methyl sites for hydroxylation is 1. The Kier molecular flexibility index (Phi) is 5.78. The van der Waals surface area contributed by atoms with Gasteiger partial charge in [-0.25, -0.2) is 4.79 Å². The van der Waals surface area contributed by atoms with Crippen LogP contribution in [-0.2, 0) is 20.1 Å². The molecule has 5 aromatic rings. The lowest BCUT2D eigenvalue weighted by Crippen LogP contribution is -2.41. The van der Waals surface area contributed by atoms with Gasteiger partial charge in [0, 0.05) is 23.0 Å². The third-order valence-corrected chi connectivity index (χ3v) is 6.46. The van der Waals surface area contributed by atoms with Crippen LogP contribution in [-0.4, -0.2) is 26.6 Å². The Morgan fingerprint density at radius 3 is 2.31 bits per heavy atom. The molecule has 0 saturated carbocycles. The number of ether oxygens (including phenoxy) is 1. The highest BCUT2D eigenvalue weighted by atomic mass is 35.5. The minimum atomic E-state index is -0.552. The summed E-state index contributed by atoms with van der Waals surface area (Å²) >= 11 is 5.97. The maximum Gasteiger partial charge on any atom is 0.332 e. The molecule has 0 bridgehead atoms. The molecule has 8 heteroatoms. The topological polar surface area (TPSA) is 75.2 Å². The highest BCUT2D eigenvalue weighted by molar-refractivity contribution is 6.30. The predicted octanol–water partition coefficient (Wildman–Crippen LogP) is 4.25. The molecule has 0 spiro atoms. The van der Waals surface area contributed by atoms with Crippen LogP contribution in [0.1, 0.15) is 15.9 Å². The summed E-state index contributed by atoms with van der Waals surface area (Å²) in [5.74, 6) is 0.316. The molecule has 0 aliphatic rings. The molecule has 176 valence electrons. The molecule has 0 atom stereocenters. The Hall–Kier alpha value is -4.10. The lowest BCUT2D eigenvalue weighted by atomic mass is 10.1. The molecule has 35 heavy (non-hydrogen) atoms. The molecule has 0 aliphatic heterocycles. The van der Waals surface area contributed by atoms with Gasteiger partial charge in [0.25, 0.3) is 5.56 Å². The van der Waals surface area contributed by atoms with Gasteiger partial charge in [0.1, 0.15) is 11.3 Å². The first-order valence-electron chi connectivity index (χ1n) is 11.0. The molecule has 2 heterocycles. The molecule has 2 aromatic heterocycles. The van der Waals surface area contributed by atoms with Gasteiger partial charge < -0.3 is 9.30 Å². The smallest absolute Gasteiger partial charge is 0.332 e.